The monoisotopic (exact) mass is 198 g/mol. The van der Waals surface area contributed by atoms with Crippen molar-refractivity contribution >= 4 is 18.0 Å². The topological polar surface area (TPSA) is 52.1 Å². The summed E-state index contributed by atoms with van der Waals surface area (Å²) in [5.41, 5.74) is 1.01. The Bertz CT molecular complexity index is 296. The molecule has 0 aromatic carbocycles. The van der Waals surface area contributed by atoms with E-state index in [0.29, 0.717) is 25.4 Å². The third kappa shape index (κ3) is 2.03. The normalized spacial score (nSPS) is 15.7. The summed E-state index contributed by atoms with van der Waals surface area (Å²) in [5, 5.41) is 4.02. The van der Waals surface area contributed by atoms with Crippen LogP contribution in [0.15, 0.2) is 0 Å². The summed E-state index contributed by atoms with van der Waals surface area (Å²) in [6, 6.07) is 0. The van der Waals surface area contributed by atoms with Crippen LogP contribution in [0, 0.1) is 0 Å². The van der Waals surface area contributed by atoms with E-state index in [1.165, 1.54) is 29.3 Å². The van der Waals surface area contributed by atoms with Crippen molar-refractivity contribution in [3.8, 4) is 0 Å². The fourth-order valence-electron chi connectivity index (χ4n) is 1.25. The molecule has 0 atom stereocenters. The molecule has 1 aliphatic rings. The highest BCUT2D eigenvalue weighted by Gasteiger charge is 2.28. The van der Waals surface area contributed by atoms with Gasteiger partial charge in [-0.25, -0.2) is 0 Å². The minimum Gasteiger partial charge on any atom is -0.467 e. The predicted octanol–water partition coefficient (Wildman–Crippen LogP) is 1.13. The van der Waals surface area contributed by atoms with Crippen LogP contribution in [-0.2, 0) is 16.0 Å². The van der Waals surface area contributed by atoms with E-state index in [4.69, 9.17) is 0 Å². The molecule has 2 rings (SSSR count). The maximum Gasteiger partial charge on any atom is 0.293 e. The van der Waals surface area contributed by atoms with Crippen LogP contribution in [0.1, 0.15) is 29.3 Å². The van der Waals surface area contributed by atoms with Gasteiger partial charge in [-0.2, -0.15) is 0 Å². The van der Waals surface area contributed by atoms with E-state index in [1.54, 1.807) is 0 Å². The first-order valence-electron chi connectivity index (χ1n) is 4.28. The average molecular weight is 198 g/mol. The summed E-state index contributed by atoms with van der Waals surface area (Å²) >= 11 is 1.47. The van der Waals surface area contributed by atoms with Crippen molar-refractivity contribution in [2.45, 2.75) is 25.2 Å². The van der Waals surface area contributed by atoms with E-state index < -0.39 is 0 Å². The van der Waals surface area contributed by atoms with E-state index in [0.717, 1.165) is 5.69 Å². The maximum atomic E-state index is 9.91. The van der Waals surface area contributed by atoms with Gasteiger partial charge >= 0.3 is 0 Å². The van der Waals surface area contributed by atoms with Crippen LogP contribution in [0.3, 0.4) is 0 Å². The Labute approximate surface area is 80.1 Å². The van der Waals surface area contributed by atoms with Crippen molar-refractivity contribution in [1.82, 2.24) is 9.59 Å². The summed E-state index contributed by atoms with van der Waals surface area (Å²) in [6.07, 6.45) is 3.21. The molecule has 0 bridgehead atoms. The van der Waals surface area contributed by atoms with Gasteiger partial charge in [-0.05, 0) is 30.3 Å². The number of carbonyl (C=O) groups is 1. The van der Waals surface area contributed by atoms with Gasteiger partial charge < -0.3 is 4.74 Å². The fourth-order valence-corrected chi connectivity index (χ4v) is 2.11. The van der Waals surface area contributed by atoms with Crippen LogP contribution in [0.5, 0.6) is 0 Å². The molecule has 1 aromatic rings. The predicted molar refractivity (Wildman–Crippen MR) is 47.6 cm³/mol. The van der Waals surface area contributed by atoms with Crippen LogP contribution in [0.4, 0.5) is 0 Å². The molecule has 0 unspecified atom stereocenters. The molecule has 1 heterocycles. The second kappa shape index (κ2) is 3.83. The molecule has 4 nitrogen and oxygen atoms in total. The summed E-state index contributed by atoms with van der Waals surface area (Å²) in [5.74, 6) is 0.686. The van der Waals surface area contributed by atoms with Gasteiger partial charge in [0.05, 0.1) is 17.2 Å². The van der Waals surface area contributed by atoms with E-state index in [2.05, 4.69) is 14.3 Å². The minimum atomic E-state index is 0.411. The lowest BCUT2D eigenvalue weighted by molar-refractivity contribution is -0.128. The molecule has 70 valence electrons. The number of rotatable bonds is 5. The van der Waals surface area contributed by atoms with Gasteiger partial charge in [0.25, 0.3) is 6.47 Å². The average Bonchev–Trinajstić information content (AvgIpc) is 2.88. The van der Waals surface area contributed by atoms with Crippen LogP contribution < -0.4 is 0 Å². The zero-order valence-electron chi connectivity index (χ0n) is 7.10. The molecule has 1 aliphatic carbocycles. The molecule has 0 N–H and O–H groups in total. The Hall–Kier alpha value is -0.970. The van der Waals surface area contributed by atoms with Crippen molar-refractivity contribution in [2.75, 3.05) is 6.61 Å². The number of hydrogen-bond acceptors (Lipinski definition) is 5. The molecular formula is C8H10N2O2S. The Morgan fingerprint density at radius 1 is 1.62 bits per heavy atom. The van der Waals surface area contributed by atoms with Gasteiger partial charge in [0.2, 0.25) is 0 Å². The Kier molecular flexibility index (Phi) is 2.54. The van der Waals surface area contributed by atoms with Crippen molar-refractivity contribution in [2.24, 2.45) is 0 Å². The Morgan fingerprint density at radius 3 is 3.15 bits per heavy atom. The van der Waals surface area contributed by atoms with E-state index in [-0.39, 0.29) is 0 Å². The summed E-state index contributed by atoms with van der Waals surface area (Å²) in [7, 11) is 0. The lowest BCUT2D eigenvalue weighted by atomic mass is 10.2. The largest absolute Gasteiger partial charge is 0.467 e. The highest BCUT2D eigenvalue weighted by Crippen LogP contribution is 2.42. The highest BCUT2D eigenvalue weighted by atomic mass is 32.1. The number of nitrogens with zero attached hydrogens (tertiary/aromatic N) is 2. The molecule has 0 saturated heterocycles. The third-order valence-electron chi connectivity index (χ3n) is 2.06. The molecule has 0 spiro atoms. The number of carbonyl (C=O) groups excluding carboxylic acids is 1. The van der Waals surface area contributed by atoms with Gasteiger partial charge in [0.1, 0.15) is 0 Å². The standard InChI is InChI=1S/C8H10N2O2S/c11-5-12-4-3-7-8(6-1-2-6)13-10-9-7/h5-6H,1-4H2. The highest BCUT2D eigenvalue weighted by molar-refractivity contribution is 7.05. The molecule has 5 heteroatoms. The molecule has 13 heavy (non-hydrogen) atoms. The van der Waals surface area contributed by atoms with E-state index in [9.17, 15) is 4.79 Å². The third-order valence-corrected chi connectivity index (χ3v) is 2.99. The first-order chi connectivity index (χ1) is 6.42. The van der Waals surface area contributed by atoms with Gasteiger partial charge in [0, 0.05) is 6.42 Å². The lowest BCUT2D eigenvalue weighted by Crippen LogP contribution is -1.99. The van der Waals surface area contributed by atoms with Crippen molar-refractivity contribution in [3.05, 3.63) is 10.6 Å². The number of hydrogen-bond donors (Lipinski definition) is 0. The van der Waals surface area contributed by atoms with Crippen LogP contribution in [0.2, 0.25) is 0 Å². The molecular weight excluding hydrogens is 188 g/mol. The second-order valence-electron chi connectivity index (χ2n) is 3.08. The second-order valence-corrected chi connectivity index (χ2v) is 3.86. The molecule has 1 saturated carbocycles. The SMILES string of the molecule is O=COCCc1nnsc1C1CC1. The van der Waals surface area contributed by atoms with E-state index in [1.807, 2.05) is 0 Å². The summed E-state index contributed by atoms with van der Waals surface area (Å²) in [6.45, 7) is 0.880. The smallest absolute Gasteiger partial charge is 0.293 e. The van der Waals surface area contributed by atoms with Crippen molar-refractivity contribution < 1.29 is 9.53 Å². The van der Waals surface area contributed by atoms with Crippen molar-refractivity contribution in [3.63, 3.8) is 0 Å². The quantitative estimate of drug-likeness (QED) is 0.525. The summed E-state index contributed by atoms with van der Waals surface area (Å²) < 4.78 is 8.53. The molecule has 0 aliphatic heterocycles. The lowest BCUT2D eigenvalue weighted by Gasteiger charge is -1.97. The molecule has 1 fully saturated rings. The first-order valence-corrected chi connectivity index (χ1v) is 5.05. The van der Waals surface area contributed by atoms with Crippen LogP contribution in [-0.4, -0.2) is 22.7 Å². The van der Waals surface area contributed by atoms with E-state index >= 15 is 0 Å². The zero-order valence-corrected chi connectivity index (χ0v) is 7.92. The first kappa shape index (κ1) is 8.62. The molecule has 0 amide bonds. The number of aromatic nitrogens is 2. The van der Waals surface area contributed by atoms with Crippen molar-refractivity contribution in [1.29, 1.82) is 0 Å². The number of ether oxygens (including phenoxy) is 1. The zero-order chi connectivity index (χ0) is 9.10. The van der Waals surface area contributed by atoms with Gasteiger partial charge in [-0.15, -0.1) is 5.10 Å². The van der Waals surface area contributed by atoms with Crippen LogP contribution in [0.25, 0.3) is 0 Å². The summed E-state index contributed by atoms with van der Waals surface area (Å²) in [4.78, 5) is 11.2. The van der Waals surface area contributed by atoms with Gasteiger partial charge in [-0.3, -0.25) is 4.79 Å². The molecule has 1 aromatic heterocycles. The van der Waals surface area contributed by atoms with Gasteiger partial charge in [-0.1, -0.05) is 4.49 Å². The minimum absolute atomic E-state index is 0.411. The fraction of sp³-hybridized carbons (Fsp3) is 0.625. The Balaban J connectivity index is 1.94. The maximum absolute atomic E-state index is 9.91. The Morgan fingerprint density at radius 2 is 2.46 bits per heavy atom. The van der Waals surface area contributed by atoms with Gasteiger partial charge in [0.15, 0.2) is 0 Å². The molecule has 0 radical (unpaired) electrons. The van der Waals surface area contributed by atoms with Crippen LogP contribution >= 0.6 is 11.5 Å².